The van der Waals surface area contributed by atoms with Gasteiger partial charge in [-0.15, -0.1) is 11.3 Å². The van der Waals surface area contributed by atoms with Gasteiger partial charge in [-0.25, -0.2) is 9.78 Å². The number of carboxylic acid groups (broad SMARTS) is 1. The zero-order valence-corrected chi connectivity index (χ0v) is 12.5. The first-order valence-electron chi connectivity index (χ1n) is 6.27. The van der Waals surface area contributed by atoms with E-state index >= 15 is 0 Å². The number of amides is 1. The van der Waals surface area contributed by atoms with Crippen LogP contribution < -0.4 is 0 Å². The van der Waals surface area contributed by atoms with E-state index in [9.17, 15) is 9.59 Å². The number of carboxylic acids is 1. The van der Waals surface area contributed by atoms with E-state index in [0.29, 0.717) is 12.2 Å². The van der Waals surface area contributed by atoms with E-state index in [4.69, 9.17) is 9.84 Å². The lowest BCUT2D eigenvalue weighted by Crippen LogP contribution is -2.48. The number of morpholine rings is 1. The lowest BCUT2D eigenvalue weighted by Gasteiger charge is -2.30. The minimum atomic E-state index is -1.05. The highest BCUT2D eigenvalue weighted by molar-refractivity contribution is 7.14. The Balaban J connectivity index is 1.74. The Hall–Kier alpha value is -1.77. The van der Waals surface area contributed by atoms with Crippen molar-refractivity contribution in [1.82, 2.24) is 9.88 Å². The normalized spacial score (nSPS) is 18.7. The predicted molar refractivity (Wildman–Crippen MR) is 78.7 cm³/mol. The lowest BCUT2D eigenvalue weighted by atomic mass is 10.2. The summed E-state index contributed by atoms with van der Waals surface area (Å²) in [4.78, 5) is 29.1. The molecule has 0 spiro atoms. The maximum atomic E-state index is 12.4. The number of rotatable bonds is 3. The first-order chi connectivity index (χ1) is 10.1. The number of thiophene rings is 1. The Morgan fingerprint density at radius 2 is 2.29 bits per heavy atom. The van der Waals surface area contributed by atoms with Crippen molar-refractivity contribution in [3.8, 4) is 10.6 Å². The number of ether oxygens (including phenoxy) is 1. The molecule has 0 saturated carbocycles. The van der Waals surface area contributed by atoms with Crippen LogP contribution in [0.3, 0.4) is 0 Å². The maximum Gasteiger partial charge on any atom is 0.334 e. The molecule has 21 heavy (non-hydrogen) atoms. The zero-order valence-electron chi connectivity index (χ0n) is 10.9. The zero-order chi connectivity index (χ0) is 14.8. The topological polar surface area (TPSA) is 79.7 Å². The SMILES string of the molecule is O=C(O)C1CN(C(=O)c2csc(-c3ccsc3)n2)CCO1. The van der Waals surface area contributed by atoms with Gasteiger partial charge in [-0.3, -0.25) is 4.79 Å². The number of carbonyl (C=O) groups is 2. The molecule has 1 fully saturated rings. The quantitative estimate of drug-likeness (QED) is 0.931. The smallest absolute Gasteiger partial charge is 0.334 e. The summed E-state index contributed by atoms with van der Waals surface area (Å²) in [5, 5.41) is 15.4. The van der Waals surface area contributed by atoms with Crippen LogP contribution in [-0.2, 0) is 9.53 Å². The number of hydrogen-bond acceptors (Lipinski definition) is 6. The summed E-state index contributed by atoms with van der Waals surface area (Å²) in [6.45, 7) is 0.664. The summed E-state index contributed by atoms with van der Waals surface area (Å²) >= 11 is 2.98. The fraction of sp³-hybridized carbons (Fsp3) is 0.308. The summed E-state index contributed by atoms with van der Waals surface area (Å²) in [5.41, 5.74) is 1.35. The summed E-state index contributed by atoms with van der Waals surface area (Å²) in [6.07, 6.45) is -0.960. The van der Waals surface area contributed by atoms with Crippen LogP contribution in [0, 0.1) is 0 Å². The molecule has 6 nitrogen and oxygen atoms in total. The van der Waals surface area contributed by atoms with Crippen LogP contribution in [0.4, 0.5) is 0 Å². The number of aromatic nitrogens is 1. The Kier molecular flexibility index (Phi) is 4.00. The van der Waals surface area contributed by atoms with Crippen molar-refractivity contribution in [1.29, 1.82) is 0 Å². The van der Waals surface area contributed by atoms with Gasteiger partial charge in [0.05, 0.1) is 13.2 Å². The van der Waals surface area contributed by atoms with E-state index in [2.05, 4.69) is 4.98 Å². The Morgan fingerprint density at radius 3 is 3.00 bits per heavy atom. The highest BCUT2D eigenvalue weighted by Gasteiger charge is 2.30. The second kappa shape index (κ2) is 5.92. The van der Waals surface area contributed by atoms with Crippen molar-refractivity contribution in [2.75, 3.05) is 19.7 Å². The number of hydrogen-bond donors (Lipinski definition) is 1. The van der Waals surface area contributed by atoms with Crippen molar-refractivity contribution in [3.63, 3.8) is 0 Å². The summed E-state index contributed by atoms with van der Waals surface area (Å²) < 4.78 is 5.11. The molecule has 0 aromatic carbocycles. The van der Waals surface area contributed by atoms with Crippen molar-refractivity contribution < 1.29 is 19.4 Å². The molecule has 2 aromatic rings. The molecule has 1 saturated heterocycles. The predicted octanol–water partition coefficient (Wildman–Crippen LogP) is 1.80. The molecular formula is C13H12N2O4S2. The molecule has 3 heterocycles. The van der Waals surface area contributed by atoms with Crippen LogP contribution in [0.2, 0.25) is 0 Å². The van der Waals surface area contributed by atoms with E-state index in [1.807, 2.05) is 16.8 Å². The molecule has 1 unspecified atom stereocenters. The molecule has 1 aliphatic heterocycles. The highest BCUT2D eigenvalue weighted by atomic mass is 32.1. The summed E-state index contributed by atoms with van der Waals surface area (Å²) in [5.74, 6) is -1.30. The van der Waals surface area contributed by atoms with E-state index in [-0.39, 0.29) is 19.1 Å². The van der Waals surface area contributed by atoms with Gasteiger partial charge >= 0.3 is 5.97 Å². The second-order valence-electron chi connectivity index (χ2n) is 4.50. The van der Waals surface area contributed by atoms with Crippen LogP contribution in [0.15, 0.2) is 22.2 Å². The van der Waals surface area contributed by atoms with Crippen LogP contribution in [0.5, 0.6) is 0 Å². The van der Waals surface area contributed by atoms with Gasteiger partial charge in [0.15, 0.2) is 6.10 Å². The Labute approximate surface area is 128 Å². The van der Waals surface area contributed by atoms with Gasteiger partial charge in [-0.1, -0.05) is 0 Å². The van der Waals surface area contributed by atoms with Gasteiger partial charge in [-0.05, 0) is 11.4 Å². The van der Waals surface area contributed by atoms with E-state index < -0.39 is 12.1 Å². The van der Waals surface area contributed by atoms with Gasteiger partial charge in [0.2, 0.25) is 0 Å². The fourth-order valence-electron chi connectivity index (χ4n) is 2.04. The first kappa shape index (κ1) is 14.2. The largest absolute Gasteiger partial charge is 0.479 e. The molecule has 8 heteroatoms. The average Bonchev–Trinajstić information content (AvgIpc) is 3.17. The van der Waals surface area contributed by atoms with E-state index in [1.165, 1.54) is 16.2 Å². The van der Waals surface area contributed by atoms with Crippen molar-refractivity contribution >= 4 is 34.6 Å². The number of nitrogens with zero attached hydrogens (tertiary/aromatic N) is 2. The molecule has 110 valence electrons. The molecule has 1 atom stereocenters. The third-order valence-corrected chi connectivity index (χ3v) is 4.70. The molecule has 0 aliphatic carbocycles. The average molecular weight is 324 g/mol. The van der Waals surface area contributed by atoms with Crippen molar-refractivity contribution in [2.45, 2.75) is 6.10 Å². The standard InChI is InChI=1S/C13H12N2O4S2/c16-12(15-2-3-19-10(5-15)13(17)18)9-7-21-11(14-9)8-1-4-20-6-8/h1,4,6-7,10H,2-3,5H2,(H,17,18). The van der Waals surface area contributed by atoms with E-state index in [0.717, 1.165) is 10.6 Å². The van der Waals surface area contributed by atoms with Crippen molar-refractivity contribution in [2.24, 2.45) is 0 Å². The molecule has 1 aliphatic rings. The van der Waals surface area contributed by atoms with Gasteiger partial charge in [0, 0.05) is 22.9 Å². The minimum Gasteiger partial charge on any atom is -0.479 e. The van der Waals surface area contributed by atoms with Gasteiger partial charge in [0.1, 0.15) is 10.7 Å². The second-order valence-corrected chi connectivity index (χ2v) is 6.14. The molecule has 3 rings (SSSR count). The summed E-state index contributed by atoms with van der Waals surface area (Å²) in [7, 11) is 0. The van der Waals surface area contributed by atoms with Gasteiger partial charge in [0.25, 0.3) is 5.91 Å². The lowest BCUT2D eigenvalue weighted by molar-refractivity contribution is -0.154. The van der Waals surface area contributed by atoms with E-state index in [1.54, 1.807) is 16.7 Å². The monoisotopic (exact) mass is 324 g/mol. The fourth-order valence-corrected chi connectivity index (χ4v) is 3.54. The molecule has 0 bridgehead atoms. The Morgan fingerprint density at radius 1 is 1.43 bits per heavy atom. The van der Waals surface area contributed by atoms with Crippen LogP contribution in [0.25, 0.3) is 10.6 Å². The summed E-state index contributed by atoms with van der Waals surface area (Å²) in [6, 6.07) is 1.95. The maximum absolute atomic E-state index is 12.4. The molecular weight excluding hydrogens is 312 g/mol. The third kappa shape index (κ3) is 2.97. The highest BCUT2D eigenvalue weighted by Crippen LogP contribution is 2.26. The molecule has 0 radical (unpaired) electrons. The van der Waals surface area contributed by atoms with Crippen LogP contribution in [0.1, 0.15) is 10.5 Å². The van der Waals surface area contributed by atoms with Gasteiger partial charge in [-0.2, -0.15) is 11.3 Å². The van der Waals surface area contributed by atoms with Gasteiger partial charge < -0.3 is 14.7 Å². The number of carbonyl (C=O) groups excluding carboxylic acids is 1. The Bertz CT molecular complexity index is 653. The molecule has 1 amide bonds. The third-order valence-electron chi connectivity index (χ3n) is 3.12. The number of aliphatic carboxylic acids is 1. The molecule has 1 N–H and O–H groups in total. The van der Waals surface area contributed by atoms with Crippen molar-refractivity contribution in [3.05, 3.63) is 27.9 Å². The minimum absolute atomic E-state index is 0.0550. The molecule has 2 aromatic heterocycles. The number of thiazole rings is 1. The van der Waals surface area contributed by atoms with Crippen LogP contribution in [-0.4, -0.2) is 52.7 Å². The van der Waals surface area contributed by atoms with Crippen LogP contribution >= 0.6 is 22.7 Å². The first-order valence-corrected chi connectivity index (χ1v) is 8.09.